The van der Waals surface area contributed by atoms with Crippen molar-refractivity contribution in [2.45, 2.75) is 18.5 Å². The van der Waals surface area contributed by atoms with Crippen molar-refractivity contribution >= 4 is 11.6 Å². The Morgan fingerprint density at radius 1 is 1.10 bits per heavy atom. The van der Waals surface area contributed by atoms with Crippen LogP contribution in [0.25, 0.3) is 0 Å². The number of nitrogens with zero attached hydrogens (tertiary/aromatic N) is 2. The van der Waals surface area contributed by atoms with Crippen LogP contribution in [0.5, 0.6) is 0 Å². The fraction of sp³-hybridized carbons (Fsp3) is 1.00. The van der Waals surface area contributed by atoms with E-state index in [2.05, 4.69) is 0 Å². The molecule has 0 fully saturated rings. The van der Waals surface area contributed by atoms with E-state index < -0.39 is 22.2 Å². The lowest BCUT2D eigenvalue weighted by Gasteiger charge is -2.17. The number of rotatable bonds is 3. The van der Waals surface area contributed by atoms with Crippen molar-refractivity contribution in [2.75, 3.05) is 0 Å². The summed E-state index contributed by atoms with van der Waals surface area (Å²) in [6.07, 6.45) is -2.35. The maximum atomic E-state index is 11.4. The standard InChI is InChI=1S/C3H5ClF4N2/c1-2(4)3(9(5)6)10(7)8/h2-3H,1H3. The van der Waals surface area contributed by atoms with Crippen LogP contribution in [0.1, 0.15) is 6.92 Å². The molecule has 0 aliphatic heterocycles. The number of hydrogen-bond acceptors (Lipinski definition) is 2. The van der Waals surface area contributed by atoms with Gasteiger partial charge in [0, 0.05) is 10.7 Å². The molecular formula is C3H5ClF4N2. The van der Waals surface area contributed by atoms with E-state index in [9.17, 15) is 17.9 Å². The second-order valence-electron chi connectivity index (χ2n) is 1.61. The predicted molar refractivity (Wildman–Crippen MR) is 27.2 cm³/mol. The molecule has 0 aromatic heterocycles. The third kappa shape index (κ3) is 2.68. The summed E-state index contributed by atoms with van der Waals surface area (Å²) in [6, 6.07) is 0. The van der Waals surface area contributed by atoms with Gasteiger partial charge in [0.15, 0.2) is 0 Å². The molecule has 0 aliphatic rings. The van der Waals surface area contributed by atoms with Crippen molar-refractivity contribution in [1.82, 2.24) is 10.7 Å². The Kier molecular flexibility index (Phi) is 3.92. The van der Waals surface area contributed by atoms with Gasteiger partial charge in [0.1, 0.15) is 0 Å². The summed E-state index contributed by atoms with van der Waals surface area (Å²) in [6.45, 7) is 1.05. The molecule has 1 unspecified atom stereocenters. The molecule has 0 heterocycles. The second kappa shape index (κ2) is 3.95. The van der Waals surface area contributed by atoms with Gasteiger partial charge in [-0.15, -0.1) is 11.6 Å². The average molecular weight is 181 g/mol. The molecule has 0 aromatic carbocycles. The Morgan fingerprint density at radius 3 is 1.40 bits per heavy atom. The number of halogens is 5. The molecular weight excluding hydrogens is 175 g/mol. The normalized spacial score (nSPS) is 15.3. The molecule has 0 saturated carbocycles. The molecule has 0 rings (SSSR count). The molecule has 62 valence electrons. The van der Waals surface area contributed by atoms with Crippen LogP contribution in [-0.4, -0.2) is 22.2 Å². The van der Waals surface area contributed by atoms with Crippen molar-refractivity contribution in [3.63, 3.8) is 0 Å². The van der Waals surface area contributed by atoms with Crippen LogP contribution in [0.4, 0.5) is 17.9 Å². The minimum Gasteiger partial charge on any atom is -0.120 e. The third-order valence-corrected chi connectivity index (χ3v) is 1.04. The fourth-order valence-electron chi connectivity index (χ4n) is 0.377. The SMILES string of the molecule is CC(Cl)C(N(F)F)N(F)F. The van der Waals surface area contributed by atoms with Crippen molar-refractivity contribution in [3.05, 3.63) is 0 Å². The molecule has 1 atom stereocenters. The smallest absolute Gasteiger partial charge is 0.120 e. The topological polar surface area (TPSA) is 6.48 Å². The zero-order valence-electron chi connectivity index (χ0n) is 4.94. The van der Waals surface area contributed by atoms with Crippen molar-refractivity contribution in [1.29, 1.82) is 0 Å². The monoisotopic (exact) mass is 180 g/mol. The van der Waals surface area contributed by atoms with E-state index in [0.717, 1.165) is 6.92 Å². The Hall–Kier alpha value is -0.0700. The lowest BCUT2D eigenvalue weighted by molar-refractivity contribution is -0.316. The summed E-state index contributed by atoms with van der Waals surface area (Å²) in [5.41, 5.74) is 0. The van der Waals surface area contributed by atoms with Gasteiger partial charge in [-0.1, -0.05) is 17.9 Å². The third-order valence-electron chi connectivity index (χ3n) is 0.811. The Bertz CT molecular complexity index is 79.5. The minimum atomic E-state index is -2.35. The van der Waals surface area contributed by atoms with Gasteiger partial charge in [0.2, 0.25) is 6.17 Å². The highest BCUT2D eigenvalue weighted by atomic mass is 35.5. The molecule has 0 amide bonds. The largest absolute Gasteiger partial charge is 0.201 e. The number of hydrogen-bond donors (Lipinski definition) is 0. The molecule has 0 bridgehead atoms. The van der Waals surface area contributed by atoms with Gasteiger partial charge in [0.25, 0.3) is 0 Å². The minimum absolute atomic E-state index is 1.05. The van der Waals surface area contributed by atoms with E-state index in [0.29, 0.717) is 0 Å². The van der Waals surface area contributed by atoms with Crippen LogP contribution in [0, 0.1) is 0 Å². The van der Waals surface area contributed by atoms with Gasteiger partial charge in [-0.2, -0.15) is 0 Å². The Labute approximate surface area is 59.7 Å². The van der Waals surface area contributed by atoms with Crippen molar-refractivity contribution < 1.29 is 17.9 Å². The van der Waals surface area contributed by atoms with Crippen LogP contribution in [0.3, 0.4) is 0 Å². The van der Waals surface area contributed by atoms with E-state index >= 15 is 0 Å². The summed E-state index contributed by atoms with van der Waals surface area (Å²) < 4.78 is 45.7. The van der Waals surface area contributed by atoms with E-state index in [1.54, 1.807) is 0 Å². The lowest BCUT2D eigenvalue weighted by Crippen LogP contribution is -2.38. The zero-order chi connectivity index (χ0) is 8.31. The van der Waals surface area contributed by atoms with Gasteiger partial charge >= 0.3 is 0 Å². The van der Waals surface area contributed by atoms with E-state index in [4.69, 9.17) is 11.6 Å². The van der Waals surface area contributed by atoms with Crippen LogP contribution in [0.2, 0.25) is 0 Å². The maximum absolute atomic E-state index is 11.4. The van der Waals surface area contributed by atoms with Crippen molar-refractivity contribution in [2.24, 2.45) is 0 Å². The first-order chi connectivity index (χ1) is 4.46. The summed E-state index contributed by atoms with van der Waals surface area (Å²) in [5.74, 6) is 0. The first kappa shape index (κ1) is 9.93. The van der Waals surface area contributed by atoms with Crippen LogP contribution < -0.4 is 0 Å². The highest BCUT2D eigenvalue weighted by molar-refractivity contribution is 6.20. The Morgan fingerprint density at radius 2 is 1.40 bits per heavy atom. The van der Waals surface area contributed by atoms with Gasteiger partial charge in [-0.05, 0) is 6.92 Å². The van der Waals surface area contributed by atoms with Crippen LogP contribution in [0.15, 0.2) is 0 Å². The molecule has 0 N–H and O–H groups in total. The van der Waals surface area contributed by atoms with Crippen LogP contribution >= 0.6 is 11.6 Å². The fourth-order valence-corrected chi connectivity index (χ4v) is 0.547. The summed E-state index contributed by atoms with van der Waals surface area (Å²) in [4.78, 5) is 0. The number of alkyl halides is 1. The second-order valence-corrected chi connectivity index (χ2v) is 2.30. The van der Waals surface area contributed by atoms with Gasteiger partial charge in [-0.3, -0.25) is 0 Å². The Balaban J connectivity index is 3.98. The summed E-state index contributed by atoms with van der Waals surface area (Å²) >= 11 is 4.99. The molecule has 7 heteroatoms. The van der Waals surface area contributed by atoms with E-state index in [1.165, 1.54) is 0 Å². The van der Waals surface area contributed by atoms with Gasteiger partial charge in [0.05, 0.1) is 5.38 Å². The van der Waals surface area contributed by atoms with Crippen molar-refractivity contribution in [3.8, 4) is 0 Å². The lowest BCUT2D eigenvalue weighted by atomic mass is 10.4. The first-order valence-electron chi connectivity index (χ1n) is 2.32. The van der Waals surface area contributed by atoms with E-state index in [1.807, 2.05) is 0 Å². The molecule has 10 heavy (non-hydrogen) atoms. The zero-order valence-corrected chi connectivity index (χ0v) is 5.69. The predicted octanol–water partition coefficient (Wildman–Crippen LogP) is 2.08. The first-order valence-corrected chi connectivity index (χ1v) is 2.76. The molecule has 0 radical (unpaired) electrons. The molecule has 0 spiro atoms. The molecule has 2 nitrogen and oxygen atoms in total. The summed E-state index contributed by atoms with van der Waals surface area (Å²) in [5, 5.41) is -4.62. The highest BCUT2D eigenvalue weighted by Gasteiger charge is 2.31. The maximum Gasteiger partial charge on any atom is 0.201 e. The quantitative estimate of drug-likeness (QED) is 0.284. The highest BCUT2D eigenvalue weighted by Crippen LogP contribution is 2.16. The summed E-state index contributed by atoms with van der Waals surface area (Å²) in [7, 11) is 0. The average Bonchev–Trinajstić information content (AvgIpc) is 1.59. The molecule has 0 saturated heterocycles. The van der Waals surface area contributed by atoms with Crippen LogP contribution in [-0.2, 0) is 0 Å². The van der Waals surface area contributed by atoms with Gasteiger partial charge in [-0.25, -0.2) is 0 Å². The molecule has 0 aromatic rings. The van der Waals surface area contributed by atoms with E-state index in [-0.39, 0.29) is 0 Å². The van der Waals surface area contributed by atoms with Gasteiger partial charge < -0.3 is 0 Å². The molecule has 0 aliphatic carbocycles.